The van der Waals surface area contributed by atoms with Gasteiger partial charge in [-0.3, -0.25) is 9.36 Å². The number of allylic oxidation sites excluding steroid dienone is 1. The normalized spacial score (nSPS) is 15.3. The summed E-state index contributed by atoms with van der Waals surface area (Å²) in [6, 6.07) is 14.3. The molecule has 0 saturated heterocycles. The number of methoxy groups -OCH3 is 1. The van der Waals surface area contributed by atoms with Crippen molar-refractivity contribution in [1.82, 2.24) is 4.57 Å². The Hall–Kier alpha value is -3.57. The van der Waals surface area contributed by atoms with E-state index in [2.05, 4.69) is 45.2 Å². The molecule has 3 aromatic carbocycles. The lowest BCUT2D eigenvalue weighted by molar-refractivity contribution is -0.139. The van der Waals surface area contributed by atoms with Crippen molar-refractivity contribution in [3.8, 4) is 28.7 Å². The highest BCUT2D eigenvalue weighted by molar-refractivity contribution is 14.1. The van der Waals surface area contributed by atoms with Crippen LogP contribution >= 0.6 is 56.5 Å². The molecule has 48 heavy (non-hydrogen) atoms. The Bertz CT molecular complexity index is 2100. The average molecular weight is 895 g/mol. The molecule has 0 fully saturated rings. The lowest BCUT2D eigenvalue weighted by atomic mass is 9.95. The fraction of sp³-hybridized carbons (Fsp3) is 0.286. The summed E-state index contributed by atoms with van der Waals surface area (Å²) in [4.78, 5) is 32.7. The number of halogens is 2. The highest BCUT2D eigenvalue weighted by Gasteiger charge is 2.34. The van der Waals surface area contributed by atoms with E-state index in [1.807, 2.05) is 56.3 Å². The minimum absolute atomic E-state index is 0.0681. The molecule has 10 nitrogen and oxygen atoms in total. The number of esters is 1. The Balaban J connectivity index is 1.37. The fourth-order valence-electron chi connectivity index (χ4n) is 5.45. The van der Waals surface area contributed by atoms with Crippen LogP contribution in [-0.2, 0) is 16.1 Å². The first kappa shape index (κ1) is 34.3. The van der Waals surface area contributed by atoms with E-state index < -0.39 is 12.0 Å². The number of nitrogens with zero attached hydrogens (tertiary/aromatic N) is 2. The Kier molecular flexibility index (Phi) is 10.4. The average Bonchev–Trinajstić information content (AvgIpc) is 3.63. The zero-order valence-corrected chi connectivity index (χ0v) is 31.9. The molecule has 13 heteroatoms. The van der Waals surface area contributed by atoms with Crippen LogP contribution in [0, 0.1) is 7.14 Å². The molecule has 250 valence electrons. The first-order valence-electron chi connectivity index (χ1n) is 15.1. The zero-order chi connectivity index (χ0) is 34.1. The Morgan fingerprint density at radius 1 is 1.08 bits per heavy atom. The van der Waals surface area contributed by atoms with Crippen molar-refractivity contribution in [2.24, 2.45) is 4.99 Å². The van der Waals surface area contributed by atoms with Crippen LogP contribution in [0.25, 0.3) is 6.08 Å². The summed E-state index contributed by atoms with van der Waals surface area (Å²) < 4.78 is 37.9. The van der Waals surface area contributed by atoms with Gasteiger partial charge in [0.1, 0.15) is 12.4 Å². The van der Waals surface area contributed by atoms with Crippen molar-refractivity contribution in [3.63, 3.8) is 0 Å². The summed E-state index contributed by atoms with van der Waals surface area (Å²) >= 11 is 5.76. The lowest BCUT2D eigenvalue weighted by Crippen LogP contribution is -2.40. The molecule has 6 rings (SSSR count). The van der Waals surface area contributed by atoms with Gasteiger partial charge in [-0.05, 0) is 132 Å². The second-order valence-electron chi connectivity index (χ2n) is 11.2. The number of aromatic nitrogens is 1. The predicted molar refractivity (Wildman–Crippen MR) is 198 cm³/mol. The summed E-state index contributed by atoms with van der Waals surface area (Å²) in [6.07, 6.45) is 1.78. The van der Waals surface area contributed by atoms with E-state index in [9.17, 15) is 9.59 Å². The summed E-state index contributed by atoms with van der Waals surface area (Å²) in [7, 11) is 1.56. The van der Waals surface area contributed by atoms with Gasteiger partial charge in [0.25, 0.3) is 5.56 Å². The van der Waals surface area contributed by atoms with Crippen LogP contribution in [0.1, 0.15) is 50.4 Å². The minimum Gasteiger partial charge on any atom is -0.493 e. The number of thiazole rings is 1. The Morgan fingerprint density at radius 3 is 2.54 bits per heavy atom. The standard InChI is InChI=1S/C35H32I2N2O8S/c1-6-43-34(41)30-19(4)38-35-39(31(30)22-8-10-26(47-18(2)3)27(15-22)42-5)33(40)29(48-35)14-21-11-23(36)32(24(37)12-21)44-16-20-7-9-25-28(13-20)46-17-45-25/h7-15,18,31H,6,16-17H2,1-5H3/b29-14-/t31-/m0/s1. The van der Waals surface area contributed by atoms with E-state index in [1.165, 1.54) is 11.3 Å². The Morgan fingerprint density at radius 2 is 1.83 bits per heavy atom. The molecule has 1 aromatic heterocycles. The largest absolute Gasteiger partial charge is 0.493 e. The molecule has 3 heterocycles. The van der Waals surface area contributed by atoms with Crippen molar-refractivity contribution >= 4 is 68.6 Å². The third-order valence-corrected chi connectivity index (χ3v) is 10.1. The van der Waals surface area contributed by atoms with Gasteiger partial charge >= 0.3 is 5.97 Å². The van der Waals surface area contributed by atoms with Gasteiger partial charge in [0, 0.05) is 0 Å². The van der Waals surface area contributed by atoms with Gasteiger partial charge in [-0.1, -0.05) is 23.5 Å². The number of benzene rings is 3. The molecule has 0 bridgehead atoms. The zero-order valence-electron chi connectivity index (χ0n) is 26.8. The number of ether oxygens (including phenoxy) is 6. The van der Waals surface area contributed by atoms with E-state index in [4.69, 9.17) is 33.4 Å². The maximum atomic E-state index is 14.2. The van der Waals surface area contributed by atoms with Gasteiger partial charge in [0.15, 0.2) is 27.8 Å². The summed E-state index contributed by atoms with van der Waals surface area (Å²) in [5.41, 5.74) is 2.97. The van der Waals surface area contributed by atoms with Crippen LogP contribution in [0.5, 0.6) is 28.7 Å². The third kappa shape index (κ3) is 6.94. The number of hydrogen-bond acceptors (Lipinski definition) is 10. The fourth-order valence-corrected chi connectivity index (χ4v) is 8.63. The molecule has 0 aliphatic carbocycles. The Labute approximate surface area is 308 Å². The molecule has 0 unspecified atom stereocenters. The lowest BCUT2D eigenvalue weighted by Gasteiger charge is -2.25. The minimum atomic E-state index is -0.781. The van der Waals surface area contributed by atoms with Crippen molar-refractivity contribution in [3.05, 3.63) is 103 Å². The van der Waals surface area contributed by atoms with Crippen molar-refractivity contribution in [1.29, 1.82) is 0 Å². The van der Waals surface area contributed by atoms with Crippen LogP contribution in [0.4, 0.5) is 0 Å². The van der Waals surface area contributed by atoms with Gasteiger partial charge in [-0.2, -0.15) is 0 Å². The first-order chi connectivity index (χ1) is 23.1. The van der Waals surface area contributed by atoms with E-state index >= 15 is 0 Å². The SMILES string of the molecule is CCOC(=O)C1=C(C)N=c2s/c(=C\c3cc(I)c(OCc4ccc5c(c4)OCO5)c(I)c3)c(=O)n2[C@H]1c1ccc(OC(C)C)c(OC)c1. The highest BCUT2D eigenvalue weighted by Crippen LogP contribution is 2.37. The van der Waals surface area contributed by atoms with Crippen LogP contribution in [0.15, 0.2) is 69.6 Å². The smallest absolute Gasteiger partial charge is 0.338 e. The molecular formula is C35H32I2N2O8S. The number of fused-ring (bicyclic) bond motifs is 2. The summed E-state index contributed by atoms with van der Waals surface area (Å²) in [5, 5.41) is 0. The van der Waals surface area contributed by atoms with E-state index in [-0.39, 0.29) is 25.1 Å². The molecule has 4 aromatic rings. The topological polar surface area (TPSA) is 107 Å². The van der Waals surface area contributed by atoms with E-state index in [0.29, 0.717) is 50.0 Å². The van der Waals surface area contributed by atoms with E-state index in [0.717, 1.165) is 29.8 Å². The molecule has 0 spiro atoms. The molecule has 0 radical (unpaired) electrons. The van der Waals surface area contributed by atoms with Gasteiger partial charge in [0.05, 0.1) is 48.8 Å². The quantitative estimate of drug-likeness (QED) is 0.139. The number of carbonyl (C=O) groups is 1. The van der Waals surface area contributed by atoms with Gasteiger partial charge in [-0.15, -0.1) is 0 Å². The van der Waals surface area contributed by atoms with Crippen LogP contribution < -0.4 is 38.6 Å². The van der Waals surface area contributed by atoms with Crippen LogP contribution in [-0.4, -0.2) is 37.1 Å². The first-order valence-corrected chi connectivity index (χ1v) is 18.1. The number of hydrogen-bond donors (Lipinski definition) is 0. The summed E-state index contributed by atoms with van der Waals surface area (Å²) in [6.45, 7) is 8.13. The molecule has 2 aliphatic heterocycles. The number of carbonyl (C=O) groups excluding carboxylic acids is 1. The number of rotatable bonds is 10. The molecule has 0 saturated carbocycles. The van der Waals surface area contributed by atoms with E-state index in [1.54, 1.807) is 37.7 Å². The summed E-state index contributed by atoms with van der Waals surface area (Å²) in [5.74, 6) is 2.71. The van der Waals surface area contributed by atoms with Crippen molar-refractivity contribution in [2.75, 3.05) is 20.5 Å². The van der Waals surface area contributed by atoms with Crippen LogP contribution in [0.2, 0.25) is 0 Å². The maximum Gasteiger partial charge on any atom is 0.338 e. The predicted octanol–water partition coefficient (Wildman–Crippen LogP) is 6.11. The molecular weight excluding hydrogens is 862 g/mol. The molecule has 2 aliphatic rings. The monoisotopic (exact) mass is 894 g/mol. The van der Waals surface area contributed by atoms with Crippen molar-refractivity contribution < 1.29 is 33.2 Å². The molecule has 0 amide bonds. The van der Waals surface area contributed by atoms with Gasteiger partial charge < -0.3 is 28.4 Å². The molecule has 1 atom stereocenters. The molecule has 0 N–H and O–H groups in total. The highest BCUT2D eigenvalue weighted by atomic mass is 127. The van der Waals surface area contributed by atoms with Gasteiger partial charge in [0.2, 0.25) is 6.79 Å². The third-order valence-electron chi connectivity index (χ3n) is 7.52. The van der Waals surface area contributed by atoms with Gasteiger partial charge in [-0.25, -0.2) is 9.79 Å². The second kappa shape index (κ2) is 14.5. The van der Waals surface area contributed by atoms with Crippen LogP contribution in [0.3, 0.4) is 0 Å². The second-order valence-corrected chi connectivity index (χ2v) is 14.5. The van der Waals surface area contributed by atoms with Crippen molar-refractivity contribution in [2.45, 2.75) is 46.4 Å². The maximum absolute atomic E-state index is 14.2.